The number of methoxy groups -OCH3 is 1. The first-order valence-corrected chi connectivity index (χ1v) is 5.99. The van der Waals surface area contributed by atoms with Gasteiger partial charge in [0, 0.05) is 13.2 Å². The van der Waals surface area contributed by atoms with E-state index < -0.39 is 11.8 Å². The normalized spacial score (nSPS) is 18.1. The average Bonchev–Trinajstić information content (AvgIpc) is 2.43. The SMILES string of the molecule is COC1C=CC(C(=O)Oc2ccc(C)c(F)c2)=CC1. The second-order valence-corrected chi connectivity index (χ2v) is 4.33. The summed E-state index contributed by atoms with van der Waals surface area (Å²) >= 11 is 0. The molecule has 0 spiro atoms. The number of carbonyl (C=O) groups excluding carboxylic acids is 1. The number of rotatable bonds is 3. The second-order valence-electron chi connectivity index (χ2n) is 4.33. The van der Waals surface area contributed by atoms with E-state index in [9.17, 15) is 9.18 Å². The maximum Gasteiger partial charge on any atom is 0.343 e. The standard InChI is InChI=1S/C15H15FO3/c1-10-3-6-13(9-14(10)16)19-15(17)11-4-7-12(18-2)8-5-11/h3-7,9,12H,8H2,1-2H3. The van der Waals surface area contributed by atoms with Gasteiger partial charge < -0.3 is 9.47 Å². The van der Waals surface area contributed by atoms with Crippen molar-refractivity contribution in [2.24, 2.45) is 0 Å². The summed E-state index contributed by atoms with van der Waals surface area (Å²) in [6, 6.07) is 4.35. The lowest BCUT2D eigenvalue weighted by molar-refractivity contribution is -0.129. The maximum atomic E-state index is 13.3. The van der Waals surface area contributed by atoms with Crippen LogP contribution in [-0.4, -0.2) is 19.2 Å². The number of halogens is 1. The molecular formula is C15H15FO3. The van der Waals surface area contributed by atoms with Gasteiger partial charge in [-0.3, -0.25) is 0 Å². The summed E-state index contributed by atoms with van der Waals surface area (Å²) in [5.41, 5.74) is 0.966. The van der Waals surface area contributed by atoms with Gasteiger partial charge in [-0.25, -0.2) is 9.18 Å². The summed E-state index contributed by atoms with van der Waals surface area (Å²) in [6.45, 7) is 1.65. The van der Waals surface area contributed by atoms with Crippen LogP contribution in [0.3, 0.4) is 0 Å². The van der Waals surface area contributed by atoms with Gasteiger partial charge in [0.2, 0.25) is 0 Å². The molecule has 2 rings (SSSR count). The summed E-state index contributed by atoms with van der Waals surface area (Å²) in [6.07, 6.45) is 5.82. The molecule has 0 fully saturated rings. The number of benzene rings is 1. The molecule has 3 nitrogen and oxygen atoms in total. The first kappa shape index (κ1) is 13.5. The molecule has 1 aromatic rings. The molecule has 19 heavy (non-hydrogen) atoms. The van der Waals surface area contributed by atoms with Crippen LogP contribution in [0.15, 0.2) is 42.0 Å². The Morgan fingerprint density at radius 3 is 2.79 bits per heavy atom. The van der Waals surface area contributed by atoms with Gasteiger partial charge in [-0.05, 0) is 31.1 Å². The molecule has 0 radical (unpaired) electrons. The largest absolute Gasteiger partial charge is 0.423 e. The van der Waals surface area contributed by atoms with Crippen molar-refractivity contribution in [3.63, 3.8) is 0 Å². The smallest absolute Gasteiger partial charge is 0.343 e. The minimum absolute atomic E-state index is 0.00614. The molecule has 0 amide bonds. The Morgan fingerprint density at radius 1 is 1.42 bits per heavy atom. The zero-order valence-electron chi connectivity index (χ0n) is 10.9. The zero-order valence-corrected chi connectivity index (χ0v) is 10.9. The highest BCUT2D eigenvalue weighted by Crippen LogP contribution is 2.19. The van der Waals surface area contributed by atoms with Crippen molar-refractivity contribution in [1.29, 1.82) is 0 Å². The first-order valence-electron chi connectivity index (χ1n) is 5.99. The lowest BCUT2D eigenvalue weighted by Gasteiger charge is -2.14. The van der Waals surface area contributed by atoms with E-state index in [4.69, 9.17) is 9.47 Å². The molecule has 0 saturated carbocycles. The van der Waals surface area contributed by atoms with Crippen molar-refractivity contribution in [3.05, 3.63) is 53.4 Å². The van der Waals surface area contributed by atoms with Gasteiger partial charge in [0.1, 0.15) is 11.6 Å². The van der Waals surface area contributed by atoms with Crippen molar-refractivity contribution in [2.45, 2.75) is 19.4 Å². The molecule has 4 heteroatoms. The molecule has 0 heterocycles. The molecule has 0 N–H and O–H groups in total. The molecular weight excluding hydrogens is 247 g/mol. The van der Waals surface area contributed by atoms with E-state index in [1.165, 1.54) is 6.07 Å². The molecule has 1 aliphatic rings. The van der Waals surface area contributed by atoms with Crippen molar-refractivity contribution in [1.82, 2.24) is 0 Å². The van der Waals surface area contributed by atoms with Crippen LogP contribution in [0.4, 0.5) is 4.39 Å². The van der Waals surface area contributed by atoms with Crippen LogP contribution in [0.2, 0.25) is 0 Å². The fourth-order valence-corrected chi connectivity index (χ4v) is 1.73. The van der Waals surface area contributed by atoms with Crippen LogP contribution >= 0.6 is 0 Å². The Bertz CT molecular complexity index is 546. The van der Waals surface area contributed by atoms with Crippen LogP contribution in [0.5, 0.6) is 5.75 Å². The minimum atomic E-state index is -0.492. The first-order chi connectivity index (χ1) is 9.10. The molecule has 0 aromatic heterocycles. The predicted molar refractivity (Wildman–Crippen MR) is 69.4 cm³/mol. The number of hydrogen-bond donors (Lipinski definition) is 0. The summed E-state index contributed by atoms with van der Waals surface area (Å²) in [5.74, 6) is -0.678. The molecule has 0 bridgehead atoms. The lowest BCUT2D eigenvalue weighted by atomic mass is 10.1. The van der Waals surface area contributed by atoms with E-state index in [1.54, 1.807) is 44.4 Å². The Labute approximate surface area is 111 Å². The molecule has 1 aliphatic carbocycles. The van der Waals surface area contributed by atoms with E-state index in [2.05, 4.69) is 0 Å². The van der Waals surface area contributed by atoms with E-state index in [0.717, 1.165) is 0 Å². The Kier molecular flexibility index (Phi) is 4.12. The molecule has 0 aliphatic heterocycles. The lowest BCUT2D eigenvalue weighted by Crippen LogP contribution is -2.15. The number of hydrogen-bond acceptors (Lipinski definition) is 3. The maximum absolute atomic E-state index is 13.3. The predicted octanol–water partition coefficient (Wildman–Crippen LogP) is 2.94. The van der Waals surface area contributed by atoms with Crippen molar-refractivity contribution in [3.8, 4) is 5.75 Å². The van der Waals surface area contributed by atoms with Crippen molar-refractivity contribution >= 4 is 5.97 Å². The van der Waals surface area contributed by atoms with Crippen LogP contribution in [-0.2, 0) is 9.53 Å². The summed E-state index contributed by atoms with van der Waals surface area (Å²) in [7, 11) is 1.61. The zero-order chi connectivity index (χ0) is 13.8. The van der Waals surface area contributed by atoms with Gasteiger partial charge in [0.05, 0.1) is 11.7 Å². The van der Waals surface area contributed by atoms with Gasteiger partial charge >= 0.3 is 5.97 Å². The topological polar surface area (TPSA) is 35.5 Å². The summed E-state index contributed by atoms with van der Waals surface area (Å²) < 4.78 is 23.6. The number of carbonyl (C=O) groups is 1. The van der Waals surface area contributed by atoms with E-state index in [-0.39, 0.29) is 11.9 Å². The van der Waals surface area contributed by atoms with Gasteiger partial charge in [-0.1, -0.05) is 18.2 Å². The molecule has 1 aromatic carbocycles. The molecule has 1 unspecified atom stereocenters. The third-order valence-corrected chi connectivity index (χ3v) is 2.95. The molecule has 1 atom stereocenters. The third kappa shape index (κ3) is 3.29. The number of aryl methyl sites for hydroxylation is 1. The number of ether oxygens (including phenoxy) is 2. The van der Waals surface area contributed by atoms with Gasteiger partial charge in [0.15, 0.2) is 0 Å². The van der Waals surface area contributed by atoms with Gasteiger partial charge in [-0.15, -0.1) is 0 Å². The van der Waals surface area contributed by atoms with E-state index >= 15 is 0 Å². The van der Waals surface area contributed by atoms with Crippen LogP contribution in [0.25, 0.3) is 0 Å². The molecule has 0 saturated heterocycles. The fraction of sp³-hybridized carbons (Fsp3) is 0.267. The highest BCUT2D eigenvalue weighted by atomic mass is 19.1. The van der Waals surface area contributed by atoms with Crippen LogP contribution in [0.1, 0.15) is 12.0 Å². The van der Waals surface area contributed by atoms with Crippen LogP contribution < -0.4 is 4.74 Å². The average molecular weight is 262 g/mol. The minimum Gasteiger partial charge on any atom is -0.423 e. The van der Waals surface area contributed by atoms with Crippen molar-refractivity contribution < 1.29 is 18.7 Å². The van der Waals surface area contributed by atoms with Gasteiger partial charge in [0.25, 0.3) is 0 Å². The summed E-state index contributed by atoms with van der Waals surface area (Å²) in [4.78, 5) is 11.9. The Balaban J connectivity index is 2.04. The fourth-order valence-electron chi connectivity index (χ4n) is 1.73. The highest BCUT2D eigenvalue weighted by molar-refractivity contribution is 5.93. The van der Waals surface area contributed by atoms with Gasteiger partial charge in [-0.2, -0.15) is 0 Å². The Morgan fingerprint density at radius 2 is 2.21 bits per heavy atom. The van der Waals surface area contributed by atoms with Crippen molar-refractivity contribution in [2.75, 3.05) is 7.11 Å². The number of esters is 1. The van der Waals surface area contributed by atoms with Crippen LogP contribution in [0, 0.1) is 12.7 Å². The monoisotopic (exact) mass is 262 g/mol. The van der Waals surface area contributed by atoms with E-state index in [0.29, 0.717) is 17.6 Å². The summed E-state index contributed by atoms with van der Waals surface area (Å²) in [5, 5.41) is 0. The van der Waals surface area contributed by atoms with E-state index in [1.807, 2.05) is 0 Å². The highest BCUT2D eigenvalue weighted by Gasteiger charge is 2.15. The Hall–Kier alpha value is -1.94. The second kappa shape index (κ2) is 5.80. The third-order valence-electron chi connectivity index (χ3n) is 2.95. The quantitative estimate of drug-likeness (QED) is 0.620. The molecule has 100 valence electrons.